The standard InChI is InChI=1S/C55H36N4O/c1-4-13-37(14-5-1)38-23-29-45(30-24-38)59(50-22-12-20-40-15-10-11-21-47(40)50)46-31-25-39(26-32-46)43-28-34-51-49(35-43)48-33-27-44(36-52(48)60-51)55-57-53(41-16-6-2-7-17-41)56-54(58-55)42-18-8-3-9-19-42/h1-36H. The highest BCUT2D eigenvalue weighted by Gasteiger charge is 2.18. The number of fused-ring (bicyclic) bond motifs is 4. The summed E-state index contributed by atoms with van der Waals surface area (Å²) >= 11 is 0. The summed E-state index contributed by atoms with van der Waals surface area (Å²) in [6, 6.07) is 76.0. The Morgan fingerprint density at radius 3 is 1.42 bits per heavy atom. The molecule has 282 valence electrons. The molecule has 5 heteroatoms. The summed E-state index contributed by atoms with van der Waals surface area (Å²) in [7, 11) is 0. The van der Waals surface area contributed by atoms with Crippen molar-refractivity contribution in [3.63, 3.8) is 0 Å². The van der Waals surface area contributed by atoms with E-state index in [4.69, 9.17) is 19.4 Å². The lowest BCUT2D eigenvalue weighted by molar-refractivity contribution is 0.669. The van der Waals surface area contributed by atoms with Gasteiger partial charge >= 0.3 is 0 Å². The van der Waals surface area contributed by atoms with Crippen LogP contribution in [0.1, 0.15) is 0 Å². The largest absolute Gasteiger partial charge is 0.456 e. The van der Waals surface area contributed by atoms with Crippen LogP contribution in [0.25, 0.3) is 89.1 Å². The monoisotopic (exact) mass is 768 g/mol. The van der Waals surface area contributed by atoms with Crippen molar-refractivity contribution in [2.45, 2.75) is 0 Å². The predicted octanol–water partition coefficient (Wildman–Crippen LogP) is 14.7. The highest BCUT2D eigenvalue weighted by Crippen LogP contribution is 2.41. The maximum Gasteiger partial charge on any atom is 0.164 e. The third-order valence-electron chi connectivity index (χ3n) is 11.1. The molecule has 0 unspecified atom stereocenters. The number of anilines is 3. The Bertz CT molecular complexity index is 3230. The summed E-state index contributed by atoms with van der Waals surface area (Å²) < 4.78 is 6.48. The quantitative estimate of drug-likeness (QED) is 0.154. The molecule has 0 aliphatic rings. The Kier molecular flexibility index (Phi) is 8.75. The highest BCUT2D eigenvalue weighted by atomic mass is 16.3. The lowest BCUT2D eigenvalue weighted by Crippen LogP contribution is -2.10. The van der Waals surface area contributed by atoms with E-state index in [2.05, 4.69) is 157 Å². The minimum absolute atomic E-state index is 0.593. The second-order valence-corrected chi connectivity index (χ2v) is 14.9. The summed E-state index contributed by atoms with van der Waals surface area (Å²) in [5.41, 5.74) is 12.3. The first-order valence-electron chi connectivity index (χ1n) is 20.1. The molecule has 0 N–H and O–H groups in total. The van der Waals surface area contributed by atoms with Gasteiger partial charge in [0.15, 0.2) is 17.5 Å². The Morgan fingerprint density at radius 2 is 0.783 bits per heavy atom. The third-order valence-corrected chi connectivity index (χ3v) is 11.1. The molecule has 0 saturated carbocycles. The minimum Gasteiger partial charge on any atom is -0.456 e. The maximum absolute atomic E-state index is 6.48. The predicted molar refractivity (Wildman–Crippen MR) is 246 cm³/mol. The zero-order chi connectivity index (χ0) is 39.8. The first-order valence-corrected chi connectivity index (χ1v) is 20.1. The molecule has 0 fully saturated rings. The molecule has 0 atom stereocenters. The van der Waals surface area contributed by atoms with Crippen LogP contribution in [0.2, 0.25) is 0 Å². The average Bonchev–Trinajstić information content (AvgIpc) is 3.70. The summed E-state index contributed by atoms with van der Waals surface area (Å²) in [5.74, 6) is 1.84. The van der Waals surface area contributed by atoms with Crippen molar-refractivity contribution in [2.24, 2.45) is 0 Å². The van der Waals surface area contributed by atoms with E-state index in [9.17, 15) is 0 Å². The molecule has 0 amide bonds. The summed E-state index contributed by atoms with van der Waals surface area (Å²) in [4.78, 5) is 17.1. The fourth-order valence-electron chi connectivity index (χ4n) is 8.10. The van der Waals surface area contributed by atoms with Gasteiger partial charge in [-0.25, -0.2) is 15.0 Å². The van der Waals surface area contributed by atoms with Crippen molar-refractivity contribution in [2.75, 3.05) is 4.90 Å². The van der Waals surface area contributed by atoms with Crippen LogP contribution in [0.4, 0.5) is 17.1 Å². The Labute approximate surface area is 347 Å². The van der Waals surface area contributed by atoms with Gasteiger partial charge in [-0.05, 0) is 82.2 Å². The van der Waals surface area contributed by atoms with Crippen LogP contribution in [-0.4, -0.2) is 15.0 Å². The maximum atomic E-state index is 6.48. The molecule has 5 nitrogen and oxygen atoms in total. The van der Waals surface area contributed by atoms with E-state index in [0.29, 0.717) is 17.5 Å². The van der Waals surface area contributed by atoms with Crippen molar-refractivity contribution in [3.05, 3.63) is 218 Å². The smallest absolute Gasteiger partial charge is 0.164 e. The normalized spacial score (nSPS) is 11.3. The van der Waals surface area contributed by atoms with Crippen LogP contribution >= 0.6 is 0 Å². The van der Waals surface area contributed by atoms with Gasteiger partial charge in [0.1, 0.15) is 11.2 Å². The number of hydrogen-bond donors (Lipinski definition) is 0. The third kappa shape index (κ3) is 6.54. The molecule has 0 saturated heterocycles. The molecule has 11 rings (SSSR count). The minimum atomic E-state index is 0.593. The molecule has 2 aromatic heterocycles. The molecular formula is C55H36N4O. The molecule has 0 aliphatic carbocycles. The Morgan fingerprint density at radius 1 is 0.300 bits per heavy atom. The molecule has 0 radical (unpaired) electrons. The molecule has 0 aliphatic heterocycles. The number of rotatable bonds is 8. The van der Waals surface area contributed by atoms with Crippen molar-refractivity contribution in [3.8, 4) is 56.4 Å². The number of furan rings is 1. The fraction of sp³-hybridized carbons (Fsp3) is 0. The first-order chi connectivity index (χ1) is 29.7. The molecule has 60 heavy (non-hydrogen) atoms. The average molecular weight is 769 g/mol. The van der Waals surface area contributed by atoms with Crippen molar-refractivity contribution >= 4 is 49.8 Å². The van der Waals surface area contributed by atoms with Gasteiger partial charge in [0.25, 0.3) is 0 Å². The van der Waals surface area contributed by atoms with Crippen molar-refractivity contribution in [1.82, 2.24) is 15.0 Å². The summed E-state index contributed by atoms with van der Waals surface area (Å²) in [6.45, 7) is 0. The lowest BCUT2D eigenvalue weighted by Gasteiger charge is -2.27. The van der Waals surface area contributed by atoms with Gasteiger partial charge < -0.3 is 9.32 Å². The van der Waals surface area contributed by atoms with Crippen LogP contribution in [0.15, 0.2) is 223 Å². The van der Waals surface area contributed by atoms with Crippen molar-refractivity contribution < 1.29 is 4.42 Å². The molecule has 2 heterocycles. The van der Waals surface area contributed by atoms with Gasteiger partial charge in [-0.1, -0.05) is 164 Å². The molecule has 9 aromatic carbocycles. The number of nitrogens with zero attached hydrogens (tertiary/aromatic N) is 4. The zero-order valence-corrected chi connectivity index (χ0v) is 32.5. The van der Waals surface area contributed by atoms with Crippen LogP contribution in [0.5, 0.6) is 0 Å². The van der Waals surface area contributed by atoms with Crippen LogP contribution < -0.4 is 4.90 Å². The molecule has 0 bridgehead atoms. The van der Waals surface area contributed by atoms with Crippen LogP contribution in [-0.2, 0) is 0 Å². The Hall–Kier alpha value is -8.15. The van der Waals surface area contributed by atoms with Crippen molar-refractivity contribution in [1.29, 1.82) is 0 Å². The highest BCUT2D eigenvalue weighted by molar-refractivity contribution is 6.07. The first kappa shape index (κ1) is 35.0. The summed E-state index contributed by atoms with van der Waals surface area (Å²) in [5, 5.41) is 4.49. The zero-order valence-electron chi connectivity index (χ0n) is 32.5. The second kappa shape index (κ2) is 15.0. The number of aromatic nitrogens is 3. The number of benzene rings is 9. The summed E-state index contributed by atoms with van der Waals surface area (Å²) in [6.07, 6.45) is 0. The van der Waals surface area contributed by atoms with E-state index in [1.807, 2.05) is 66.7 Å². The number of hydrogen-bond acceptors (Lipinski definition) is 5. The van der Waals surface area contributed by atoms with Gasteiger partial charge in [0.05, 0.1) is 5.69 Å². The van der Waals surface area contributed by atoms with E-state index in [1.165, 1.54) is 21.9 Å². The van der Waals surface area contributed by atoms with E-state index >= 15 is 0 Å². The van der Waals surface area contributed by atoms with Crippen LogP contribution in [0.3, 0.4) is 0 Å². The lowest BCUT2D eigenvalue weighted by atomic mass is 10.0. The van der Waals surface area contributed by atoms with Gasteiger partial charge in [-0.3, -0.25) is 0 Å². The van der Waals surface area contributed by atoms with E-state index in [0.717, 1.165) is 66.8 Å². The second-order valence-electron chi connectivity index (χ2n) is 14.9. The van der Waals surface area contributed by atoms with Gasteiger partial charge in [0, 0.05) is 44.2 Å². The molecule has 0 spiro atoms. The topological polar surface area (TPSA) is 55.1 Å². The molecule has 11 aromatic rings. The van der Waals surface area contributed by atoms with Crippen LogP contribution in [0, 0.1) is 0 Å². The SMILES string of the molecule is c1ccc(-c2ccc(N(c3ccc(-c4ccc5oc6cc(-c7nc(-c8ccccc8)nc(-c8ccccc8)n7)ccc6c5c4)cc3)c3cccc4ccccc34)cc2)cc1. The van der Waals surface area contributed by atoms with E-state index in [1.54, 1.807) is 0 Å². The van der Waals surface area contributed by atoms with Gasteiger partial charge in [-0.15, -0.1) is 0 Å². The Balaban J connectivity index is 0.948. The van der Waals surface area contributed by atoms with Gasteiger partial charge in [0.2, 0.25) is 0 Å². The fourth-order valence-corrected chi connectivity index (χ4v) is 8.10. The van der Waals surface area contributed by atoms with Gasteiger partial charge in [-0.2, -0.15) is 0 Å². The molecular weight excluding hydrogens is 733 g/mol. The van der Waals surface area contributed by atoms with E-state index < -0.39 is 0 Å². The van der Waals surface area contributed by atoms with E-state index in [-0.39, 0.29) is 0 Å².